The zero-order valence-electron chi connectivity index (χ0n) is 25.5. The van der Waals surface area contributed by atoms with E-state index in [1.54, 1.807) is 26.1 Å². The van der Waals surface area contributed by atoms with Crippen molar-refractivity contribution in [1.82, 2.24) is 0 Å². The van der Waals surface area contributed by atoms with E-state index in [0.717, 1.165) is 23.1 Å². The monoisotopic (exact) mass is 532 g/mol. The molecule has 0 amide bonds. The average molecular weight is 533 g/mol. The first-order valence-electron chi connectivity index (χ1n) is 12.9. The van der Waals surface area contributed by atoms with Crippen molar-refractivity contribution in [3.63, 3.8) is 0 Å². The standard InChI is InChI=1S/C13H15F2NO.C11H12O.C2H5N.3C2H6/c1-4-10-5-7-11(8-6-10)9(2)17-13(16-3)12(14)15;1-8(2)10-5-4-6-11(7-10)9(3)12;1-3-2;3*1-2/h5-8,12H,2,4H2,1,3H3;4-7H,1H2,2-3H3;1H2,2H3;3*1-2H3. The maximum Gasteiger partial charge on any atom is 0.312 e. The van der Waals surface area contributed by atoms with E-state index in [4.69, 9.17) is 4.74 Å². The second kappa shape index (κ2) is 28.2. The molecule has 0 bridgehead atoms. The number of rotatable bonds is 6. The molecule has 0 unspecified atom stereocenters. The summed E-state index contributed by atoms with van der Waals surface area (Å²) in [5.41, 5.74) is 4.60. The molecule has 0 aromatic heterocycles. The Hall–Kier alpha value is -3.41. The van der Waals surface area contributed by atoms with Gasteiger partial charge in [0.1, 0.15) is 5.76 Å². The third kappa shape index (κ3) is 19.7. The van der Waals surface area contributed by atoms with Crippen LogP contribution in [0.5, 0.6) is 0 Å². The number of Topliss-reactive ketones (excluding diaryl/α,β-unsaturated/α-hetero) is 1. The summed E-state index contributed by atoms with van der Waals surface area (Å²) >= 11 is 0. The molecule has 0 atom stereocenters. The minimum absolute atomic E-state index is 0.0955. The molecule has 0 saturated carbocycles. The summed E-state index contributed by atoms with van der Waals surface area (Å²) in [6.45, 7) is 28.1. The van der Waals surface area contributed by atoms with Crippen LogP contribution in [-0.2, 0) is 11.2 Å². The molecule has 2 aromatic carbocycles. The maximum absolute atomic E-state index is 12.4. The number of benzene rings is 2. The Morgan fingerprint density at radius 1 is 0.868 bits per heavy atom. The lowest BCUT2D eigenvalue weighted by molar-refractivity contribution is 0.101. The predicted molar refractivity (Wildman–Crippen MR) is 166 cm³/mol. The summed E-state index contributed by atoms with van der Waals surface area (Å²) in [6.07, 6.45) is -1.81. The maximum atomic E-state index is 12.4. The molecular weight excluding hydrogens is 482 g/mol. The van der Waals surface area contributed by atoms with Crippen LogP contribution >= 0.6 is 0 Å². The number of halogens is 2. The molecule has 0 saturated heterocycles. The van der Waals surface area contributed by atoms with E-state index >= 15 is 0 Å². The van der Waals surface area contributed by atoms with Crippen molar-refractivity contribution in [2.45, 2.75) is 75.2 Å². The number of alkyl halides is 2. The number of carbonyl (C=O) groups is 1. The van der Waals surface area contributed by atoms with Gasteiger partial charge in [0.05, 0.1) is 0 Å². The summed E-state index contributed by atoms with van der Waals surface area (Å²) in [5.74, 6) is -0.346. The predicted octanol–water partition coefficient (Wildman–Crippen LogP) is 9.85. The summed E-state index contributed by atoms with van der Waals surface area (Å²) < 4.78 is 29.7. The van der Waals surface area contributed by atoms with Crippen molar-refractivity contribution in [3.8, 4) is 0 Å². The summed E-state index contributed by atoms with van der Waals surface area (Å²) in [6, 6.07) is 14.9. The minimum Gasteiger partial charge on any atom is -0.438 e. The lowest BCUT2D eigenvalue weighted by Gasteiger charge is -2.10. The molecule has 0 aliphatic heterocycles. The van der Waals surface area contributed by atoms with Crippen molar-refractivity contribution in [1.29, 1.82) is 0 Å². The fourth-order valence-electron chi connectivity index (χ4n) is 2.30. The molecule has 2 rings (SSSR count). The zero-order chi connectivity index (χ0) is 30.7. The first-order valence-corrected chi connectivity index (χ1v) is 12.9. The Balaban J connectivity index is -0.000000240. The van der Waals surface area contributed by atoms with Crippen LogP contribution in [0.1, 0.15) is 89.4 Å². The van der Waals surface area contributed by atoms with Crippen molar-refractivity contribution in [2.75, 3.05) is 14.1 Å². The number of ketones is 1. The number of allylic oxidation sites excluding steroid dienone is 1. The van der Waals surface area contributed by atoms with Crippen molar-refractivity contribution in [3.05, 3.63) is 83.9 Å². The molecule has 214 valence electrons. The number of hydrogen-bond acceptors (Lipinski definition) is 4. The first-order chi connectivity index (χ1) is 18.1. The lowest BCUT2D eigenvalue weighted by Crippen LogP contribution is -2.13. The van der Waals surface area contributed by atoms with Gasteiger partial charge in [0.25, 0.3) is 5.90 Å². The number of ether oxygens (including phenoxy) is 1. The zero-order valence-corrected chi connectivity index (χ0v) is 25.5. The quantitative estimate of drug-likeness (QED) is 0.161. The van der Waals surface area contributed by atoms with Crippen LogP contribution in [0.3, 0.4) is 0 Å². The smallest absolute Gasteiger partial charge is 0.312 e. The Bertz CT molecular complexity index is 905. The topological polar surface area (TPSA) is 51.0 Å². The van der Waals surface area contributed by atoms with Crippen LogP contribution in [0.25, 0.3) is 11.3 Å². The number of aryl methyl sites for hydroxylation is 1. The second-order valence-corrected chi connectivity index (χ2v) is 6.67. The summed E-state index contributed by atoms with van der Waals surface area (Å²) in [5, 5.41) is 0. The van der Waals surface area contributed by atoms with E-state index in [0.29, 0.717) is 5.56 Å². The first kappa shape index (κ1) is 41.7. The molecule has 4 nitrogen and oxygen atoms in total. The normalized spacial score (nSPS) is 9.05. The molecule has 38 heavy (non-hydrogen) atoms. The highest BCUT2D eigenvalue weighted by Crippen LogP contribution is 2.17. The third-order valence-corrected chi connectivity index (χ3v) is 4.08. The van der Waals surface area contributed by atoms with E-state index in [-0.39, 0.29) is 11.5 Å². The van der Waals surface area contributed by atoms with Crippen LogP contribution in [0.4, 0.5) is 8.78 Å². The van der Waals surface area contributed by atoms with E-state index in [9.17, 15) is 13.6 Å². The third-order valence-electron chi connectivity index (χ3n) is 4.08. The summed E-state index contributed by atoms with van der Waals surface area (Å²) in [7, 11) is 2.90. The molecule has 0 aliphatic rings. The second-order valence-electron chi connectivity index (χ2n) is 6.67. The number of hydrogen-bond donors (Lipinski definition) is 0. The molecule has 0 radical (unpaired) electrons. The fraction of sp³-hybridized carbons (Fsp3) is 0.406. The van der Waals surface area contributed by atoms with Crippen LogP contribution in [0.15, 0.2) is 71.7 Å². The molecule has 0 fully saturated rings. The van der Waals surface area contributed by atoms with E-state index in [1.807, 2.05) is 91.8 Å². The lowest BCUT2D eigenvalue weighted by atomic mass is 10.0. The van der Waals surface area contributed by atoms with Gasteiger partial charge in [-0.2, -0.15) is 8.78 Å². The molecule has 0 aliphatic carbocycles. The Kier molecular flexibility index (Phi) is 30.9. The van der Waals surface area contributed by atoms with Crippen molar-refractivity contribution >= 4 is 29.7 Å². The van der Waals surface area contributed by atoms with Crippen LogP contribution < -0.4 is 0 Å². The van der Waals surface area contributed by atoms with Gasteiger partial charge in [-0.1, -0.05) is 110 Å². The molecule has 0 spiro atoms. The number of aliphatic imine (C=N–C) groups is 2. The van der Waals surface area contributed by atoms with Crippen LogP contribution in [-0.4, -0.2) is 38.9 Å². The number of carbonyl (C=O) groups excluding carboxylic acids is 1. The van der Waals surface area contributed by atoms with Gasteiger partial charge >= 0.3 is 6.43 Å². The minimum atomic E-state index is -2.73. The van der Waals surface area contributed by atoms with Crippen LogP contribution in [0, 0.1) is 0 Å². The highest BCUT2D eigenvalue weighted by Gasteiger charge is 2.15. The highest BCUT2D eigenvalue weighted by atomic mass is 19.3. The SMILES string of the molecule is C=C(C)c1cccc(C(C)=O)c1.C=C(OC(=NC)C(F)F)c1ccc(CC)cc1.C=NC.CC.CC.CC. The van der Waals surface area contributed by atoms with Crippen LogP contribution in [0.2, 0.25) is 0 Å². The average Bonchev–Trinajstić information content (AvgIpc) is 2.95. The van der Waals surface area contributed by atoms with Crippen molar-refractivity contribution < 1.29 is 18.3 Å². The Morgan fingerprint density at radius 2 is 1.32 bits per heavy atom. The van der Waals surface area contributed by atoms with Gasteiger partial charge in [-0.25, -0.2) is 0 Å². The molecule has 0 N–H and O–H groups in total. The van der Waals surface area contributed by atoms with Gasteiger partial charge in [0.15, 0.2) is 5.78 Å². The molecule has 0 heterocycles. The van der Waals surface area contributed by atoms with Gasteiger partial charge in [0, 0.05) is 25.2 Å². The van der Waals surface area contributed by atoms with E-state index in [2.05, 4.69) is 29.9 Å². The molecular formula is C32H50F2N2O2. The molecule has 6 heteroatoms. The Morgan fingerprint density at radius 3 is 1.66 bits per heavy atom. The Labute approximate surface area is 231 Å². The van der Waals surface area contributed by atoms with E-state index in [1.165, 1.54) is 12.6 Å². The van der Waals surface area contributed by atoms with Gasteiger partial charge in [-0.3, -0.25) is 9.79 Å². The highest BCUT2D eigenvalue weighted by molar-refractivity contribution is 5.94. The molecule has 2 aromatic rings. The summed E-state index contributed by atoms with van der Waals surface area (Å²) in [4.78, 5) is 17.6. The fourth-order valence-corrected chi connectivity index (χ4v) is 2.30. The number of nitrogens with zero attached hydrogens (tertiary/aromatic N) is 2. The van der Waals surface area contributed by atoms with E-state index < -0.39 is 12.3 Å². The van der Waals surface area contributed by atoms with Gasteiger partial charge in [-0.15, -0.1) is 0 Å². The van der Waals surface area contributed by atoms with Crippen molar-refractivity contribution in [2.24, 2.45) is 9.98 Å². The largest absolute Gasteiger partial charge is 0.438 e. The van der Waals surface area contributed by atoms with Gasteiger partial charge in [0.2, 0.25) is 0 Å². The van der Waals surface area contributed by atoms with Gasteiger partial charge in [-0.05, 0) is 44.2 Å². The van der Waals surface area contributed by atoms with Gasteiger partial charge < -0.3 is 9.73 Å².